The lowest BCUT2D eigenvalue weighted by Crippen LogP contribution is -2.10. The summed E-state index contributed by atoms with van der Waals surface area (Å²) in [6.45, 7) is 1.87. The van der Waals surface area contributed by atoms with Crippen LogP contribution in [0.3, 0.4) is 0 Å². The first-order chi connectivity index (χ1) is 8.93. The fourth-order valence-electron chi connectivity index (χ4n) is 1.97. The highest BCUT2D eigenvalue weighted by molar-refractivity contribution is 5.45. The van der Waals surface area contributed by atoms with Crippen LogP contribution in [-0.2, 0) is 19.1 Å². The molecule has 1 aromatic heterocycles. The monoisotopic (exact) mass is 269 g/mol. The first-order valence-corrected chi connectivity index (χ1v) is 5.89. The Morgan fingerprint density at radius 2 is 1.84 bits per heavy atom. The van der Waals surface area contributed by atoms with Crippen LogP contribution in [0.1, 0.15) is 23.7 Å². The number of benzene rings is 1. The molecule has 1 aromatic carbocycles. The molecule has 0 atom stereocenters. The third-order valence-electron chi connectivity index (χ3n) is 2.89. The van der Waals surface area contributed by atoms with Gasteiger partial charge in [-0.05, 0) is 12.0 Å². The number of alkyl halides is 3. The van der Waals surface area contributed by atoms with Crippen LogP contribution in [-0.4, -0.2) is 9.78 Å². The number of nitrogens with zero attached hydrogens (tertiary/aromatic N) is 2. The molecule has 0 spiro atoms. The molecule has 0 aliphatic rings. The maximum Gasteiger partial charge on any atom is 0.435 e. The maximum absolute atomic E-state index is 12.8. The topological polar surface area (TPSA) is 43.8 Å². The average Bonchev–Trinajstić information content (AvgIpc) is 2.67. The summed E-state index contributed by atoms with van der Waals surface area (Å²) >= 11 is 0. The molecule has 0 saturated carbocycles. The second kappa shape index (κ2) is 4.95. The molecular weight excluding hydrogens is 255 g/mol. The number of aromatic nitrogens is 2. The molecule has 0 radical (unpaired) electrons. The zero-order valence-electron chi connectivity index (χ0n) is 10.4. The van der Waals surface area contributed by atoms with Gasteiger partial charge in [0.2, 0.25) is 0 Å². The van der Waals surface area contributed by atoms with Gasteiger partial charge in [-0.1, -0.05) is 37.3 Å². The lowest BCUT2D eigenvalue weighted by molar-refractivity contribution is -0.142. The Kier molecular flexibility index (Phi) is 3.50. The summed E-state index contributed by atoms with van der Waals surface area (Å²) in [5.74, 6) is 0.0821. The molecular formula is C13H14F3N3. The molecule has 0 unspecified atom stereocenters. The van der Waals surface area contributed by atoms with Crippen LogP contribution in [0.25, 0.3) is 0 Å². The lowest BCUT2D eigenvalue weighted by atomic mass is 10.1. The molecule has 0 fully saturated rings. The Morgan fingerprint density at radius 1 is 1.21 bits per heavy atom. The predicted molar refractivity (Wildman–Crippen MR) is 66.6 cm³/mol. The van der Waals surface area contributed by atoms with E-state index in [4.69, 9.17) is 5.73 Å². The first-order valence-electron chi connectivity index (χ1n) is 5.89. The van der Waals surface area contributed by atoms with Gasteiger partial charge in [0.05, 0.1) is 6.54 Å². The summed E-state index contributed by atoms with van der Waals surface area (Å²) in [6.07, 6.45) is -4.27. The number of nitrogens with two attached hydrogens (primary N) is 1. The van der Waals surface area contributed by atoms with Gasteiger partial charge in [-0.25, -0.2) is 4.68 Å². The van der Waals surface area contributed by atoms with E-state index in [9.17, 15) is 13.2 Å². The van der Waals surface area contributed by atoms with Crippen LogP contribution in [0, 0.1) is 0 Å². The van der Waals surface area contributed by atoms with E-state index in [0.29, 0.717) is 0 Å². The number of nitrogen functional groups attached to an aromatic ring is 1. The number of hydrogen-bond donors (Lipinski definition) is 1. The Bertz CT molecular complexity index is 559. The lowest BCUT2D eigenvalue weighted by Gasteiger charge is -2.04. The number of halogens is 3. The van der Waals surface area contributed by atoms with Crippen LogP contribution >= 0.6 is 0 Å². The Morgan fingerprint density at radius 3 is 2.32 bits per heavy atom. The van der Waals surface area contributed by atoms with Crippen molar-refractivity contribution in [2.45, 2.75) is 26.1 Å². The number of hydrogen-bond acceptors (Lipinski definition) is 2. The summed E-state index contributed by atoms with van der Waals surface area (Å²) < 4.78 is 39.7. The third kappa shape index (κ3) is 2.72. The second-order valence-corrected chi connectivity index (χ2v) is 4.21. The van der Waals surface area contributed by atoms with E-state index < -0.39 is 11.9 Å². The van der Waals surface area contributed by atoms with Crippen LogP contribution < -0.4 is 5.73 Å². The van der Waals surface area contributed by atoms with Crippen molar-refractivity contribution in [2.24, 2.45) is 0 Å². The minimum atomic E-state index is -4.47. The maximum atomic E-state index is 12.8. The Hall–Kier alpha value is -1.98. The molecule has 2 rings (SSSR count). The van der Waals surface area contributed by atoms with Crippen molar-refractivity contribution in [1.82, 2.24) is 9.78 Å². The van der Waals surface area contributed by atoms with Gasteiger partial charge < -0.3 is 5.73 Å². The minimum absolute atomic E-state index is 0.0587. The molecule has 1 heterocycles. The molecule has 2 aromatic rings. The van der Waals surface area contributed by atoms with Crippen molar-refractivity contribution < 1.29 is 13.2 Å². The second-order valence-electron chi connectivity index (χ2n) is 4.21. The summed E-state index contributed by atoms with van der Waals surface area (Å²) in [5, 5.41) is 3.61. The van der Waals surface area contributed by atoms with Gasteiger partial charge >= 0.3 is 6.18 Å². The molecule has 102 valence electrons. The largest absolute Gasteiger partial charge is 0.435 e. The Balaban J connectivity index is 2.40. The van der Waals surface area contributed by atoms with Gasteiger partial charge in [0, 0.05) is 5.56 Å². The van der Waals surface area contributed by atoms with Crippen LogP contribution in [0.15, 0.2) is 30.3 Å². The third-order valence-corrected chi connectivity index (χ3v) is 2.89. The summed E-state index contributed by atoms with van der Waals surface area (Å²) in [6, 6.07) is 9.12. The van der Waals surface area contributed by atoms with E-state index in [1.807, 2.05) is 30.3 Å². The fraction of sp³-hybridized carbons (Fsp3) is 0.308. The highest BCUT2D eigenvalue weighted by Crippen LogP contribution is 2.34. The standard InChI is InChI=1S/C13H14F3N3/c1-2-10-11(13(14,15)16)18-19(12(10)17)8-9-6-4-3-5-7-9/h3-7H,2,8,17H2,1H3. The SMILES string of the molecule is CCc1c(C(F)(F)F)nn(Cc2ccccc2)c1N. The first kappa shape index (κ1) is 13.5. The highest BCUT2D eigenvalue weighted by Gasteiger charge is 2.38. The number of anilines is 1. The zero-order chi connectivity index (χ0) is 14.0. The molecule has 0 saturated heterocycles. The molecule has 6 heteroatoms. The van der Waals surface area contributed by atoms with Crippen molar-refractivity contribution in [2.75, 3.05) is 5.73 Å². The smallest absolute Gasteiger partial charge is 0.384 e. The molecule has 0 amide bonds. The van der Waals surface area contributed by atoms with Gasteiger partial charge in [0.1, 0.15) is 5.82 Å². The molecule has 0 aliphatic heterocycles. The van der Waals surface area contributed by atoms with E-state index in [2.05, 4.69) is 5.10 Å². The molecule has 19 heavy (non-hydrogen) atoms. The van der Waals surface area contributed by atoms with Gasteiger partial charge in [0.25, 0.3) is 0 Å². The zero-order valence-corrected chi connectivity index (χ0v) is 10.4. The number of rotatable bonds is 3. The van der Waals surface area contributed by atoms with Crippen LogP contribution in [0.5, 0.6) is 0 Å². The fourth-order valence-corrected chi connectivity index (χ4v) is 1.97. The minimum Gasteiger partial charge on any atom is -0.384 e. The summed E-state index contributed by atoms with van der Waals surface area (Å²) in [4.78, 5) is 0. The normalized spacial score (nSPS) is 11.8. The summed E-state index contributed by atoms with van der Waals surface area (Å²) in [5.41, 5.74) is 5.79. The predicted octanol–water partition coefficient (Wildman–Crippen LogP) is 3.09. The van der Waals surface area contributed by atoms with Crippen LogP contribution in [0.2, 0.25) is 0 Å². The van der Waals surface area contributed by atoms with E-state index in [-0.39, 0.29) is 24.3 Å². The van der Waals surface area contributed by atoms with Gasteiger partial charge in [-0.3, -0.25) is 0 Å². The van der Waals surface area contributed by atoms with E-state index in [0.717, 1.165) is 5.56 Å². The van der Waals surface area contributed by atoms with Crippen molar-refractivity contribution in [3.8, 4) is 0 Å². The summed E-state index contributed by atoms with van der Waals surface area (Å²) in [7, 11) is 0. The average molecular weight is 269 g/mol. The highest BCUT2D eigenvalue weighted by atomic mass is 19.4. The van der Waals surface area contributed by atoms with Crippen molar-refractivity contribution in [3.63, 3.8) is 0 Å². The van der Waals surface area contributed by atoms with Crippen molar-refractivity contribution >= 4 is 5.82 Å². The molecule has 0 aliphatic carbocycles. The van der Waals surface area contributed by atoms with Crippen molar-refractivity contribution in [3.05, 3.63) is 47.2 Å². The quantitative estimate of drug-likeness (QED) is 0.930. The van der Waals surface area contributed by atoms with E-state index >= 15 is 0 Å². The van der Waals surface area contributed by atoms with E-state index in [1.165, 1.54) is 4.68 Å². The van der Waals surface area contributed by atoms with Gasteiger partial charge in [-0.2, -0.15) is 18.3 Å². The van der Waals surface area contributed by atoms with Gasteiger partial charge in [0.15, 0.2) is 5.69 Å². The molecule has 0 bridgehead atoms. The Labute approximate surface area is 108 Å². The van der Waals surface area contributed by atoms with Crippen LogP contribution in [0.4, 0.5) is 19.0 Å². The molecule has 2 N–H and O–H groups in total. The molecule has 3 nitrogen and oxygen atoms in total. The van der Waals surface area contributed by atoms with E-state index in [1.54, 1.807) is 6.92 Å². The van der Waals surface area contributed by atoms with Gasteiger partial charge in [-0.15, -0.1) is 0 Å². The van der Waals surface area contributed by atoms with Crippen molar-refractivity contribution in [1.29, 1.82) is 0 Å².